The Morgan fingerprint density at radius 1 is 1.17 bits per heavy atom. The van der Waals surface area contributed by atoms with Gasteiger partial charge in [-0.2, -0.15) is 0 Å². The summed E-state index contributed by atoms with van der Waals surface area (Å²) in [5.41, 5.74) is -0.394. The van der Waals surface area contributed by atoms with Crippen molar-refractivity contribution < 1.29 is 27.3 Å². The van der Waals surface area contributed by atoms with Gasteiger partial charge in [0.05, 0.1) is 24.0 Å². The lowest BCUT2D eigenvalue weighted by molar-refractivity contribution is 0.0697. The van der Waals surface area contributed by atoms with Crippen molar-refractivity contribution in [3.05, 3.63) is 94.9 Å². The van der Waals surface area contributed by atoms with Crippen molar-refractivity contribution in [2.24, 2.45) is 0 Å². The lowest BCUT2D eigenvalue weighted by atomic mass is 9.99. The van der Waals surface area contributed by atoms with Crippen LogP contribution in [0.25, 0.3) is 11.1 Å². The second-order valence-corrected chi connectivity index (χ2v) is 6.51. The molecule has 0 fully saturated rings. The molecule has 0 aliphatic heterocycles. The predicted molar refractivity (Wildman–Crippen MR) is 116 cm³/mol. The van der Waals surface area contributed by atoms with Gasteiger partial charge in [0, 0.05) is 6.54 Å². The van der Waals surface area contributed by atoms with Gasteiger partial charge in [-0.3, -0.25) is 0 Å². The molecular formula is C25H27NO3. The first-order valence-corrected chi connectivity index (χ1v) is 9.14. The molecule has 4 nitrogen and oxygen atoms in total. The summed E-state index contributed by atoms with van der Waals surface area (Å²) in [5.74, 6) is -1.66. The highest BCUT2D eigenvalue weighted by Crippen LogP contribution is 2.22. The number of benzene rings is 3. The van der Waals surface area contributed by atoms with Gasteiger partial charge < -0.3 is 15.5 Å². The number of aliphatic hydroxyl groups is 1. The SMILES string of the molecule is [2H]c1c([2H])c(CCCNC[C@]([2H])(O)c2cccc(C)c2)c([2H])c(-c2c([2H])c([2H])c([2H])c(C(=O)O)c2[2H])c1[2H]. The predicted octanol–water partition coefficient (Wildman–Crippen LogP) is 4.62. The summed E-state index contributed by atoms with van der Waals surface area (Å²) in [4.78, 5) is 11.6. The molecule has 0 radical (unpaired) electrons. The molecule has 150 valence electrons. The Bertz CT molecular complexity index is 1410. The van der Waals surface area contributed by atoms with Crippen molar-refractivity contribution in [3.8, 4) is 11.1 Å². The van der Waals surface area contributed by atoms with E-state index in [1.54, 1.807) is 18.2 Å². The van der Waals surface area contributed by atoms with E-state index in [2.05, 4.69) is 5.32 Å². The van der Waals surface area contributed by atoms with Gasteiger partial charge in [-0.1, -0.05) is 66.1 Å². The standard InChI is InChI=1S/C25H27NO3/c1-18-6-2-11-22(14-18)24(27)17-26-13-5-8-19-7-3-9-20(15-19)21-10-4-12-23(16-21)25(28)29/h2-4,6-7,9-12,14-16,24,26-27H,5,8,13,17H2,1H3,(H,28,29)/t24-/m0/s1/i3D,4D,7D,9D,10D,12D,15D,16D,24D. The van der Waals surface area contributed by atoms with Gasteiger partial charge in [0.15, 0.2) is 0 Å². The van der Waals surface area contributed by atoms with E-state index in [1.165, 1.54) is 0 Å². The first-order valence-electron chi connectivity index (χ1n) is 13.6. The number of hydrogen-bond donors (Lipinski definition) is 3. The molecule has 0 heterocycles. The van der Waals surface area contributed by atoms with E-state index in [4.69, 9.17) is 12.3 Å². The maximum atomic E-state index is 11.6. The van der Waals surface area contributed by atoms with Crippen molar-refractivity contribution in [3.63, 3.8) is 0 Å². The molecule has 1 atom stereocenters. The van der Waals surface area contributed by atoms with E-state index in [9.17, 15) is 15.0 Å². The van der Waals surface area contributed by atoms with Gasteiger partial charge in [0.25, 0.3) is 0 Å². The van der Waals surface area contributed by atoms with E-state index in [0.29, 0.717) is 12.0 Å². The molecule has 3 rings (SSSR count). The van der Waals surface area contributed by atoms with Crippen molar-refractivity contribution in [1.82, 2.24) is 5.32 Å². The van der Waals surface area contributed by atoms with Crippen LogP contribution in [0.1, 0.15) is 51.9 Å². The van der Waals surface area contributed by atoms with Gasteiger partial charge in [0.2, 0.25) is 0 Å². The zero-order valence-corrected chi connectivity index (χ0v) is 15.9. The van der Waals surface area contributed by atoms with Gasteiger partial charge in [-0.15, -0.1) is 0 Å². The van der Waals surface area contributed by atoms with Crippen LogP contribution in [-0.4, -0.2) is 29.3 Å². The summed E-state index contributed by atoms with van der Waals surface area (Å²) in [6.07, 6.45) is -1.49. The third-order valence-corrected chi connectivity index (χ3v) is 4.19. The van der Waals surface area contributed by atoms with Crippen LogP contribution < -0.4 is 5.32 Å². The maximum Gasteiger partial charge on any atom is 0.335 e. The molecule has 0 unspecified atom stereocenters. The van der Waals surface area contributed by atoms with E-state index in [0.717, 1.165) is 5.56 Å². The fourth-order valence-corrected chi connectivity index (χ4v) is 2.73. The highest BCUT2D eigenvalue weighted by Gasteiger charge is 2.07. The summed E-state index contributed by atoms with van der Waals surface area (Å²) >= 11 is 0. The molecule has 0 aliphatic carbocycles. The zero-order chi connectivity index (χ0) is 28.5. The van der Waals surface area contributed by atoms with E-state index < -0.39 is 71.0 Å². The summed E-state index contributed by atoms with van der Waals surface area (Å²) in [6.45, 7) is 2.04. The number of aromatic carboxylic acids is 1. The van der Waals surface area contributed by atoms with Crippen molar-refractivity contribution in [2.75, 3.05) is 13.1 Å². The molecule has 0 bridgehead atoms. The molecule has 3 N–H and O–H groups in total. The Hall–Kier alpha value is -2.95. The quantitative estimate of drug-likeness (QED) is 0.460. The summed E-state index contributed by atoms with van der Waals surface area (Å²) in [7, 11) is 0. The molecule has 3 aromatic carbocycles. The van der Waals surface area contributed by atoms with Crippen LogP contribution in [0, 0.1) is 6.92 Å². The molecule has 0 saturated heterocycles. The number of carboxylic acid groups (broad SMARTS) is 1. The smallest absolute Gasteiger partial charge is 0.335 e. The Labute approximate surface area is 184 Å². The third kappa shape index (κ3) is 6.01. The minimum Gasteiger partial charge on any atom is -0.478 e. The minimum atomic E-state index is -1.88. The Balaban J connectivity index is 1.90. The number of carboxylic acids is 1. The number of rotatable bonds is 9. The lowest BCUT2D eigenvalue weighted by Crippen LogP contribution is -2.22. The third-order valence-electron chi connectivity index (χ3n) is 4.19. The van der Waals surface area contributed by atoms with Crippen LogP contribution in [0.3, 0.4) is 0 Å². The van der Waals surface area contributed by atoms with Crippen molar-refractivity contribution in [2.45, 2.75) is 25.8 Å². The molecule has 29 heavy (non-hydrogen) atoms. The van der Waals surface area contributed by atoms with E-state index in [-0.39, 0.29) is 31.1 Å². The average Bonchev–Trinajstić information content (AvgIpc) is 2.85. The van der Waals surface area contributed by atoms with Gasteiger partial charge in [-0.05, 0) is 60.6 Å². The van der Waals surface area contributed by atoms with Gasteiger partial charge >= 0.3 is 5.97 Å². The van der Waals surface area contributed by atoms with Crippen LogP contribution in [0.2, 0.25) is 0 Å². The summed E-state index contributed by atoms with van der Waals surface area (Å²) in [6, 6.07) is 1.79. The van der Waals surface area contributed by atoms with Crippen LogP contribution in [-0.2, 0) is 6.42 Å². The summed E-state index contributed by atoms with van der Waals surface area (Å²) < 4.78 is 73.9. The van der Waals surface area contributed by atoms with Crippen molar-refractivity contribution >= 4 is 5.97 Å². The highest BCUT2D eigenvalue weighted by molar-refractivity contribution is 5.89. The topological polar surface area (TPSA) is 69.6 Å². The Morgan fingerprint density at radius 3 is 2.69 bits per heavy atom. The number of nitrogens with one attached hydrogen (secondary N) is 1. The molecule has 0 aromatic heterocycles. The second-order valence-electron chi connectivity index (χ2n) is 6.51. The maximum absolute atomic E-state index is 11.6. The summed E-state index contributed by atoms with van der Waals surface area (Å²) in [5, 5.41) is 22.9. The van der Waals surface area contributed by atoms with Crippen LogP contribution >= 0.6 is 0 Å². The molecule has 3 aromatic rings. The Morgan fingerprint density at radius 2 is 1.93 bits per heavy atom. The first kappa shape index (κ1) is 11.9. The lowest BCUT2D eigenvalue weighted by Gasteiger charge is -2.13. The first-order chi connectivity index (χ1) is 17.7. The molecule has 0 amide bonds. The monoisotopic (exact) mass is 398 g/mol. The van der Waals surface area contributed by atoms with Crippen molar-refractivity contribution in [1.29, 1.82) is 0 Å². The average molecular weight is 399 g/mol. The van der Waals surface area contributed by atoms with Crippen LogP contribution in [0.15, 0.2) is 72.6 Å². The normalized spacial score (nSPS) is 17.4. The number of aryl methyl sites for hydroxylation is 1. The molecule has 0 spiro atoms. The van der Waals surface area contributed by atoms with Gasteiger partial charge in [-0.25, -0.2) is 4.79 Å². The largest absolute Gasteiger partial charge is 0.478 e. The fourth-order valence-electron chi connectivity index (χ4n) is 2.73. The second kappa shape index (κ2) is 10.0. The number of hydrogen-bond acceptors (Lipinski definition) is 3. The highest BCUT2D eigenvalue weighted by atomic mass is 16.4. The Kier molecular flexibility index (Phi) is 4.11. The molecule has 0 aliphatic rings. The molecule has 4 heteroatoms. The zero-order valence-electron chi connectivity index (χ0n) is 24.9. The molecule has 0 saturated carbocycles. The van der Waals surface area contributed by atoms with E-state index >= 15 is 0 Å². The number of carbonyl (C=O) groups is 1. The van der Waals surface area contributed by atoms with E-state index in [1.807, 2.05) is 13.0 Å². The van der Waals surface area contributed by atoms with Crippen LogP contribution in [0.4, 0.5) is 0 Å². The van der Waals surface area contributed by atoms with Gasteiger partial charge in [0.1, 0.15) is 0 Å². The fraction of sp³-hybridized carbons (Fsp3) is 0.240. The molecular weight excluding hydrogens is 362 g/mol. The van der Waals surface area contributed by atoms with Crippen LogP contribution in [0.5, 0.6) is 0 Å². The minimum absolute atomic E-state index is 0.0415.